The summed E-state index contributed by atoms with van der Waals surface area (Å²) in [6.07, 6.45) is 3.43. The van der Waals surface area contributed by atoms with Crippen molar-refractivity contribution >= 4 is 11.9 Å². The molecule has 8 heteroatoms. The molecule has 2 aliphatic heterocycles. The highest BCUT2D eigenvalue weighted by Gasteiger charge is 2.42. The number of hydrogen-bond donors (Lipinski definition) is 1. The number of carbonyl (C=O) groups excluding carboxylic acids is 2. The van der Waals surface area contributed by atoms with E-state index in [1.54, 1.807) is 0 Å². The molecule has 0 aliphatic carbocycles. The van der Waals surface area contributed by atoms with Crippen LogP contribution in [-0.2, 0) is 4.79 Å². The standard InChI is InChI=1S/C28H34F3N3O2/c1-28(2)17-25(21-6-9-23(30)24(31)16-21)34(26(35)18-28)27(36)32-12-3-13-33-14-10-20(11-15-33)19-4-7-22(29)8-5-19/h4-9,16,20,25H,3,10-15,17-18H2,1-2H3,(H,32,36). The van der Waals surface area contributed by atoms with Crippen LogP contribution in [0.1, 0.15) is 69.0 Å². The Morgan fingerprint density at radius 3 is 2.33 bits per heavy atom. The van der Waals surface area contributed by atoms with Crippen molar-refractivity contribution in [2.24, 2.45) is 5.41 Å². The van der Waals surface area contributed by atoms with Gasteiger partial charge in [-0.3, -0.25) is 9.69 Å². The van der Waals surface area contributed by atoms with Gasteiger partial charge < -0.3 is 10.2 Å². The van der Waals surface area contributed by atoms with Gasteiger partial charge in [0.1, 0.15) is 5.82 Å². The molecule has 2 aliphatic rings. The number of urea groups is 1. The fourth-order valence-electron chi connectivity index (χ4n) is 5.40. The van der Waals surface area contributed by atoms with Gasteiger partial charge in [0.05, 0.1) is 6.04 Å². The van der Waals surface area contributed by atoms with Crippen LogP contribution in [0.15, 0.2) is 42.5 Å². The van der Waals surface area contributed by atoms with E-state index in [1.165, 1.54) is 28.7 Å². The summed E-state index contributed by atoms with van der Waals surface area (Å²) in [5.74, 6) is -2.06. The molecule has 0 radical (unpaired) electrons. The minimum atomic E-state index is -0.994. The maximum atomic E-state index is 13.9. The normalized spacial score (nSPS) is 21.0. The van der Waals surface area contributed by atoms with Crippen molar-refractivity contribution in [1.29, 1.82) is 0 Å². The summed E-state index contributed by atoms with van der Waals surface area (Å²) in [6, 6.07) is 9.14. The van der Waals surface area contributed by atoms with Gasteiger partial charge in [0, 0.05) is 13.0 Å². The molecule has 2 aromatic rings. The molecular formula is C28H34F3N3O2. The zero-order valence-electron chi connectivity index (χ0n) is 20.9. The van der Waals surface area contributed by atoms with Crippen molar-refractivity contribution in [3.63, 3.8) is 0 Å². The van der Waals surface area contributed by atoms with E-state index in [2.05, 4.69) is 10.2 Å². The van der Waals surface area contributed by atoms with Crippen LogP contribution in [0.5, 0.6) is 0 Å². The van der Waals surface area contributed by atoms with Crippen molar-refractivity contribution in [2.75, 3.05) is 26.2 Å². The quantitative estimate of drug-likeness (QED) is 0.511. The molecule has 5 nitrogen and oxygen atoms in total. The molecular weight excluding hydrogens is 467 g/mol. The molecule has 0 bridgehead atoms. The van der Waals surface area contributed by atoms with Gasteiger partial charge in [-0.1, -0.05) is 32.0 Å². The summed E-state index contributed by atoms with van der Waals surface area (Å²) in [5.41, 5.74) is 1.23. The molecule has 1 N–H and O–H groups in total. The zero-order chi connectivity index (χ0) is 25.9. The predicted octanol–water partition coefficient (Wildman–Crippen LogP) is 5.77. The van der Waals surface area contributed by atoms with E-state index in [-0.39, 0.29) is 23.6 Å². The fourth-order valence-corrected chi connectivity index (χ4v) is 5.40. The lowest BCUT2D eigenvalue weighted by Crippen LogP contribution is -2.51. The second-order valence-corrected chi connectivity index (χ2v) is 10.8. The number of hydrogen-bond acceptors (Lipinski definition) is 3. The van der Waals surface area contributed by atoms with E-state index in [0.29, 0.717) is 24.4 Å². The number of halogens is 3. The van der Waals surface area contributed by atoms with Crippen molar-refractivity contribution in [1.82, 2.24) is 15.1 Å². The second-order valence-electron chi connectivity index (χ2n) is 10.8. The Labute approximate surface area is 210 Å². The Morgan fingerprint density at radius 2 is 1.67 bits per heavy atom. The number of nitrogens with one attached hydrogen (secondary N) is 1. The van der Waals surface area contributed by atoms with Crippen LogP contribution in [0, 0.1) is 22.9 Å². The number of nitrogens with zero attached hydrogens (tertiary/aromatic N) is 2. The monoisotopic (exact) mass is 501 g/mol. The number of benzene rings is 2. The van der Waals surface area contributed by atoms with E-state index in [1.807, 2.05) is 26.0 Å². The van der Waals surface area contributed by atoms with Gasteiger partial charge >= 0.3 is 6.03 Å². The average Bonchev–Trinajstić information content (AvgIpc) is 2.83. The van der Waals surface area contributed by atoms with Crippen LogP contribution in [0.3, 0.4) is 0 Å². The largest absolute Gasteiger partial charge is 0.338 e. The summed E-state index contributed by atoms with van der Waals surface area (Å²) in [6.45, 7) is 6.98. The number of rotatable bonds is 6. The summed E-state index contributed by atoms with van der Waals surface area (Å²) in [5, 5.41) is 2.85. The lowest BCUT2D eigenvalue weighted by atomic mass is 9.76. The van der Waals surface area contributed by atoms with Crippen molar-refractivity contribution in [2.45, 2.75) is 57.9 Å². The minimum absolute atomic E-state index is 0.212. The smallest absolute Gasteiger partial charge is 0.324 e. The lowest BCUT2D eigenvalue weighted by molar-refractivity contribution is -0.137. The molecule has 3 amide bonds. The summed E-state index contributed by atoms with van der Waals surface area (Å²) < 4.78 is 40.6. The zero-order valence-corrected chi connectivity index (χ0v) is 20.9. The Kier molecular flexibility index (Phi) is 8.03. The summed E-state index contributed by atoms with van der Waals surface area (Å²) in [7, 11) is 0. The van der Waals surface area contributed by atoms with Gasteiger partial charge in [-0.15, -0.1) is 0 Å². The van der Waals surface area contributed by atoms with Gasteiger partial charge in [0.15, 0.2) is 11.6 Å². The fraction of sp³-hybridized carbons (Fsp3) is 0.500. The van der Waals surface area contributed by atoms with Crippen molar-refractivity contribution in [3.8, 4) is 0 Å². The third-order valence-corrected chi connectivity index (χ3v) is 7.36. The summed E-state index contributed by atoms with van der Waals surface area (Å²) >= 11 is 0. The third-order valence-electron chi connectivity index (χ3n) is 7.36. The molecule has 2 aromatic carbocycles. The van der Waals surface area contributed by atoms with Crippen LogP contribution in [0.25, 0.3) is 0 Å². The first-order valence-corrected chi connectivity index (χ1v) is 12.7. The molecule has 0 saturated carbocycles. The van der Waals surface area contributed by atoms with Crippen LogP contribution in [0.2, 0.25) is 0 Å². The second kappa shape index (κ2) is 11.0. The maximum Gasteiger partial charge on any atom is 0.324 e. The molecule has 1 unspecified atom stereocenters. The predicted molar refractivity (Wildman–Crippen MR) is 132 cm³/mol. The van der Waals surface area contributed by atoms with Gasteiger partial charge in [0.2, 0.25) is 5.91 Å². The van der Waals surface area contributed by atoms with Crippen LogP contribution in [-0.4, -0.2) is 47.9 Å². The van der Waals surface area contributed by atoms with E-state index in [9.17, 15) is 22.8 Å². The van der Waals surface area contributed by atoms with Gasteiger partial charge in [-0.2, -0.15) is 0 Å². The first-order chi connectivity index (χ1) is 17.1. The van der Waals surface area contributed by atoms with E-state index in [0.717, 1.165) is 51.0 Å². The molecule has 2 saturated heterocycles. The molecule has 194 valence electrons. The van der Waals surface area contributed by atoms with E-state index >= 15 is 0 Å². The van der Waals surface area contributed by atoms with Gasteiger partial charge in [-0.25, -0.2) is 18.0 Å². The number of piperidine rings is 2. The van der Waals surface area contributed by atoms with Gasteiger partial charge in [0.25, 0.3) is 0 Å². The molecule has 0 spiro atoms. The Balaban J connectivity index is 1.28. The molecule has 0 aromatic heterocycles. The van der Waals surface area contributed by atoms with Crippen LogP contribution >= 0.6 is 0 Å². The maximum absolute atomic E-state index is 13.9. The average molecular weight is 502 g/mol. The van der Waals surface area contributed by atoms with E-state index < -0.39 is 23.7 Å². The Hall–Kier alpha value is -2.87. The van der Waals surface area contributed by atoms with Crippen molar-refractivity contribution in [3.05, 3.63) is 71.0 Å². The van der Waals surface area contributed by atoms with E-state index in [4.69, 9.17) is 0 Å². The number of carbonyl (C=O) groups is 2. The van der Waals surface area contributed by atoms with Crippen LogP contribution < -0.4 is 5.32 Å². The lowest BCUT2D eigenvalue weighted by Gasteiger charge is -2.42. The Bertz CT molecular complexity index is 1080. The minimum Gasteiger partial charge on any atom is -0.338 e. The topological polar surface area (TPSA) is 52.7 Å². The highest BCUT2D eigenvalue weighted by Crippen LogP contribution is 2.42. The molecule has 1 atom stereocenters. The first kappa shape index (κ1) is 26.2. The number of amides is 3. The molecule has 4 rings (SSSR count). The molecule has 36 heavy (non-hydrogen) atoms. The SMILES string of the molecule is CC1(C)CC(=O)N(C(=O)NCCCN2CCC(c3ccc(F)cc3)CC2)C(c2ccc(F)c(F)c2)C1. The first-order valence-electron chi connectivity index (χ1n) is 12.7. The molecule has 2 fully saturated rings. The highest BCUT2D eigenvalue weighted by molar-refractivity contribution is 5.95. The van der Waals surface area contributed by atoms with Crippen LogP contribution in [0.4, 0.5) is 18.0 Å². The highest BCUT2D eigenvalue weighted by atomic mass is 19.2. The summed E-state index contributed by atoms with van der Waals surface area (Å²) in [4.78, 5) is 29.4. The Morgan fingerprint density at radius 1 is 1.00 bits per heavy atom. The van der Waals surface area contributed by atoms with Crippen molar-refractivity contribution < 1.29 is 22.8 Å². The molecule has 2 heterocycles. The number of likely N-dealkylation sites (tertiary alicyclic amines) is 2. The third kappa shape index (κ3) is 6.27. The number of imide groups is 1. The van der Waals surface area contributed by atoms with Gasteiger partial charge in [-0.05, 0) is 92.0 Å².